The number of carbonyl (C=O) groups is 1. The average Bonchev–Trinajstić information content (AvgIpc) is 3.21. The zero-order valence-corrected chi connectivity index (χ0v) is 15.3. The number of aryl methyl sites for hydroxylation is 2. The number of fused-ring (bicyclic) bond motifs is 2. The highest BCUT2D eigenvalue weighted by Gasteiger charge is 2.24. The molecule has 5 heteroatoms. The van der Waals surface area contributed by atoms with Crippen LogP contribution in [0.1, 0.15) is 27.9 Å². The molecule has 1 aromatic heterocycles. The molecule has 0 saturated carbocycles. The molecule has 1 saturated heterocycles. The Balaban J connectivity index is 1.32. The minimum Gasteiger partial charge on any atom is -0.352 e. The zero-order chi connectivity index (χ0) is 18.2. The third-order valence-corrected chi connectivity index (χ3v) is 5.73. The molecule has 2 aliphatic rings. The van der Waals surface area contributed by atoms with E-state index in [4.69, 9.17) is 0 Å². The topological polar surface area (TPSA) is 49.3 Å². The highest BCUT2D eigenvalue weighted by Crippen LogP contribution is 2.25. The lowest BCUT2D eigenvalue weighted by Crippen LogP contribution is -2.49. The molecule has 0 radical (unpaired) electrons. The Kier molecular flexibility index (Phi) is 4.00. The number of carbonyl (C=O) groups excluding carboxylic acids is 1. The molecule has 1 fully saturated rings. The minimum absolute atomic E-state index is 0.150. The van der Waals surface area contributed by atoms with E-state index in [-0.39, 0.29) is 5.91 Å². The van der Waals surface area contributed by atoms with E-state index in [0.29, 0.717) is 13.1 Å². The predicted molar refractivity (Wildman–Crippen MR) is 106 cm³/mol. The molecule has 5 rings (SSSR count). The van der Waals surface area contributed by atoms with Crippen molar-refractivity contribution in [3.8, 4) is 0 Å². The molecule has 3 aromatic rings. The summed E-state index contributed by atoms with van der Waals surface area (Å²) in [5, 5.41) is 1.07. The molecular formula is C22H22N4O. The quantitative estimate of drug-likeness (QED) is 0.706. The van der Waals surface area contributed by atoms with Gasteiger partial charge in [-0.3, -0.25) is 4.79 Å². The van der Waals surface area contributed by atoms with Gasteiger partial charge in [0, 0.05) is 37.1 Å². The Morgan fingerprint density at radius 3 is 2.59 bits per heavy atom. The van der Waals surface area contributed by atoms with Crippen molar-refractivity contribution in [2.75, 3.05) is 31.1 Å². The number of rotatable bonds is 2. The zero-order valence-electron chi connectivity index (χ0n) is 15.3. The van der Waals surface area contributed by atoms with Crippen LogP contribution in [0, 0.1) is 0 Å². The third-order valence-electron chi connectivity index (χ3n) is 5.73. The molecule has 1 amide bonds. The predicted octanol–water partition coefficient (Wildman–Crippen LogP) is 3.08. The van der Waals surface area contributed by atoms with Gasteiger partial charge in [-0.05, 0) is 54.7 Å². The number of nitrogens with zero attached hydrogens (tertiary/aromatic N) is 4. The molecule has 2 aromatic carbocycles. The minimum atomic E-state index is 0.150. The fourth-order valence-corrected chi connectivity index (χ4v) is 4.25. The molecule has 136 valence electrons. The summed E-state index contributed by atoms with van der Waals surface area (Å²) in [7, 11) is 0. The summed E-state index contributed by atoms with van der Waals surface area (Å²) in [6, 6.07) is 14.3. The van der Waals surface area contributed by atoms with E-state index in [0.717, 1.165) is 48.2 Å². The highest BCUT2D eigenvalue weighted by atomic mass is 16.2. The molecule has 1 aliphatic carbocycles. The van der Waals surface area contributed by atoms with Gasteiger partial charge in [0.25, 0.3) is 5.91 Å². The first-order chi connectivity index (χ1) is 13.3. The summed E-state index contributed by atoms with van der Waals surface area (Å²) >= 11 is 0. The number of para-hydroxylation sites is 1. The molecule has 0 bridgehead atoms. The van der Waals surface area contributed by atoms with Crippen LogP contribution in [-0.2, 0) is 12.8 Å². The van der Waals surface area contributed by atoms with Crippen molar-refractivity contribution in [1.82, 2.24) is 14.9 Å². The van der Waals surface area contributed by atoms with Gasteiger partial charge >= 0.3 is 0 Å². The largest absolute Gasteiger partial charge is 0.352 e. The van der Waals surface area contributed by atoms with Crippen LogP contribution < -0.4 is 4.90 Å². The van der Waals surface area contributed by atoms with Crippen molar-refractivity contribution < 1.29 is 4.79 Å². The third kappa shape index (κ3) is 2.93. The van der Waals surface area contributed by atoms with Crippen molar-refractivity contribution >= 4 is 22.6 Å². The summed E-state index contributed by atoms with van der Waals surface area (Å²) in [5.41, 5.74) is 4.55. The normalized spacial score (nSPS) is 16.6. The first-order valence-corrected chi connectivity index (χ1v) is 9.65. The van der Waals surface area contributed by atoms with E-state index in [1.165, 1.54) is 17.5 Å². The van der Waals surface area contributed by atoms with E-state index >= 15 is 0 Å². The molecule has 5 nitrogen and oxygen atoms in total. The lowest BCUT2D eigenvalue weighted by atomic mass is 10.1. The van der Waals surface area contributed by atoms with Crippen LogP contribution in [0.3, 0.4) is 0 Å². The van der Waals surface area contributed by atoms with E-state index in [1.807, 2.05) is 29.2 Å². The van der Waals surface area contributed by atoms with Crippen LogP contribution in [0.5, 0.6) is 0 Å². The Labute approximate surface area is 158 Å². The summed E-state index contributed by atoms with van der Waals surface area (Å²) in [5.74, 6) is 1.11. The van der Waals surface area contributed by atoms with Gasteiger partial charge in [-0.25, -0.2) is 9.97 Å². The standard InChI is InChI=1S/C22H22N4O/c27-22(18-9-8-16-4-3-5-17(16)14-18)26-12-10-25(11-13-26)21-19-6-1-2-7-20(19)23-15-24-21/h1-2,6-9,14-15H,3-5,10-13H2. The van der Waals surface area contributed by atoms with Gasteiger partial charge in [-0.15, -0.1) is 0 Å². The number of hydrogen-bond acceptors (Lipinski definition) is 4. The fourth-order valence-electron chi connectivity index (χ4n) is 4.25. The number of piperazine rings is 1. The summed E-state index contributed by atoms with van der Waals surface area (Å²) in [4.78, 5) is 26.0. The van der Waals surface area contributed by atoms with E-state index in [9.17, 15) is 4.79 Å². The van der Waals surface area contributed by atoms with Gasteiger partial charge in [0.1, 0.15) is 12.1 Å². The van der Waals surface area contributed by atoms with Gasteiger partial charge < -0.3 is 9.80 Å². The van der Waals surface area contributed by atoms with Crippen molar-refractivity contribution in [2.24, 2.45) is 0 Å². The van der Waals surface area contributed by atoms with Crippen molar-refractivity contribution in [3.05, 3.63) is 65.5 Å². The maximum atomic E-state index is 12.9. The van der Waals surface area contributed by atoms with Crippen LogP contribution in [0.15, 0.2) is 48.8 Å². The molecule has 27 heavy (non-hydrogen) atoms. The molecular weight excluding hydrogens is 336 g/mol. The molecule has 0 unspecified atom stereocenters. The molecule has 0 N–H and O–H groups in total. The lowest BCUT2D eigenvalue weighted by molar-refractivity contribution is 0.0746. The smallest absolute Gasteiger partial charge is 0.253 e. The monoisotopic (exact) mass is 358 g/mol. The van der Waals surface area contributed by atoms with Gasteiger partial charge in [-0.2, -0.15) is 0 Å². The summed E-state index contributed by atoms with van der Waals surface area (Å²) < 4.78 is 0. The van der Waals surface area contributed by atoms with Crippen LogP contribution >= 0.6 is 0 Å². The average molecular weight is 358 g/mol. The first-order valence-electron chi connectivity index (χ1n) is 9.65. The number of benzene rings is 2. The van der Waals surface area contributed by atoms with E-state index < -0.39 is 0 Å². The van der Waals surface area contributed by atoms with E-state index in [2.05, 4.69) is 33.1 Å². The van der Waals surface area contributed by atoms with Crippen molar-refractivity contribution in [2.45, 2.75) is 19.3 Å². The first kappa shape index (κ1) is 16.2. The molecule has 1 aliphatic heterocycles. The Morgan fingerprint density at radius 2 is 1.70 bits per heavy atom. The Hall–Kier alpha value is -2.95. The lowest BCUT2D eigenvalue weighted by Gasteiger charge is -2.35. The van der Waals surface area contributed by atoms with Crippen LogP contribution in [0.2, 0.25) is 0 Å². The van der Waals surface area contributed by atoms with E-state index in [1.54, 1.807) is 6.33 Å². The second-order valence-electron chi connectivity index (χ2n) is 7.33. The van der Waals surface area contributed by atoms with Crippen LogP contribution in [0.4, 0.5) is 5.82 Å². The molecule has 0 spiro atoms. The van der Waals surface area contributed by atoms with Gasteiger partial charge in [0.2, 0.25) is 0 Å². The Morgan fingerprint density at radius 1 is 0.889 bits per heavy atom. The maximum Gasteiger partial charge on any atom is 0.253 e. The van der Waals surface area contributed by atoms with Gasteiger partial charge in [0.05, 0.1) is 5.52 Å². The molecule has 2 heterocycles. The second-order valence-corrected chi connectivity index (χ2v) is 7.33. The number of aromatic nitrogens is 2. The number of anilines is 1. The highest BCUT2D eigenvalue weighted by molar-refractivity contribution is 5.95. The van der Waals surface area contributed by atoms with Crippen molar-refractivity contribution in [3.63, 3.8) is 0 Å². The summed E-state index contributed by atoms with van der Waals surface area (Å²) in [6.07, 6.45) is 5.08. The van der Waals surface area contributed by atoms with Crippen LogP contribution in [-0.4, -0.2) is 47.0 Å². The number of amides is 1. The fraction of sp³-hybridized carbons (Fsp3) is 0.318. The van der Waals surface area contributed by atoms with Gasteiger partial charge in [0.15, 0.2) is 0 Å². The van der Waals surface area contributed by atoms with Gasteiger partial charge in [-0.1, -0.05) is 18.2 Å². The maximum absolute atomic E-state index is 12.9. The van der Waals surface area contributed by atoms with Crippen molar-refractivity contribution in [1.29, 1.82) is 0 Å². The SMILES string of the molecule is O=C(c1ccc2c(c1)CCC2)N1CCN(c2ncnc3ccccc23)CC1. The second kappa shape index (κ2) is 6.65. The van der Waals surface area contributed by atoms with Crippen LogP contribution in [0.25, 0.3) is 10.9 Å². The molecule has 0 atom stereocenters. The number of hydrogen-bond donors (Lipinski definition) is 0. The summed E-state index contributed by atoms with van der Waals surface area (Å²) in [6.45, 7) is 3.01. The Bertz CT molecular complexity index is 1000.